The maximum absolute atomic E-state index is 12.1. The highest BCUT2D eigenvalue weighted by molar-refractivity contribution is 7.99. The summed E-state index contributed by atoms with van der Waals surface area (Å²) in [6, 6.07) is 11.5. The van der Waals surface area contributed by atoms with Crippen molar-refractivity contribution in [1.82, 2.24) is 14.5 Å². The van der Waals surface area contributed by atoms with E-state index in [4.69, 9.17) is 11.6 Å². The Balaban J connectivity index is 1.64. The molecule has 2 heterocycles. The van der Waals surface area contributed by atoms with E-state index in [0.29, 0.717) is 10.8 Å². The lowest BCUT2D eigenvalue weighted by atomic mass is 10.2. The summed E-state index contributed by atoms with van der Waals surface area (Å²) in [5, 5.41) is 4.03. The molecule has 2 aromatic heterocycles. The fourth-order valence-electron chi connectivity index (χ4n) is 2.13. The van der Waals surface area contributed by atoms with Gasteiger partial charge >= 0.3 is 0 Å². The Labute approximate surface area is 149 Å². The SMILES string of the molecule is Cc1cccc(-n2ccnc2SCC(=O)Nc2ccc(Cl)cn2)c1. The van der Waals surface area contributed by atoms with Crippen LogP contribution in [0.25, 0.3) is 5.69 Å². The molecule has 0 saturated carbocycles. The van der Waals surface area contributed by atoms with E-state index in [-0.39, 0.29) is 11.7 Å². The van der Waals surface area contributed by atoms with Crippen molar-refractivity contribution in [3.05, 3.63) is 65.6 Å². The Morgan fingerprint density at radius 1 is 1.29 bits per heavy atom. The molecular weight excluding hydrogens is 344 g/mol. The molecule has 1 N–H and O–H groups in total. The molecule has 0 aliphatic heterocycles. The number of hydrogen-bond donors (Lipinski definition) is 1. The number of aromatic nitrogens is 3. The number of nitrogens with one attached hydrogen (secondary N) is 1. The number of anilines is 1. The number of rotatable bonds is 5. The number of imidazole rings is 1. The smallest absolute Gasteiger partial charge is 0.236 e. The molecule has 0 saturated heterocycles. The van der Waals surface area contributed by atoms with Crippen LogP contribution in [-0.2, 0) is 4.79 Å². The minimum Gasteiger partial charge on any atom is -0.310 e. The highest BCUT2D eigenvalue weighted by Gasteiger charge is 2.10. The van der Waals surface area contributed by atoms with Gasteiger partial charge in [-0.25, -0.2) is 9.97 Å². The van der Waals surface area contributed by atoms with Gasteiger partial charge in [-0.1, -0.05) is 35.5 Å². The third-order valence-corrected chi connectivity index (χ3v) is 4.40. The third-order valence-electron chi connectivity index (χ3n) is 3.21. The molecule has 0 radical (unpaired) electrons. The molecule has 3 aromatic rings. The molecule has 0 aliphatic carbocycles. The lowest BCUT2D eigenvalue weighted by Crippen LogP contribution is -2.15. The summed E-state index contributed by atoms with van der Waals surface area (Å²) in [5.74, 6) is 0.577. The number of carbonyl (C=O) groups is 1. The van der Waals surface area contributed by atoms with Gasteiger partial charge in [-0.15, -0.1) is 0 Å². The monoisotopic (exact) mass is 358 g/mol. The molecule has 0 aliphatic rings. The van der Waals surface area contributed by atoms with E-state index in [1.807, 2.05) is 35.9 Å². The number of amides is 1. The standard InChI is InChI=1S/C17H15ClN4OS/c1-12-3-2-4-14(9-12)22-8-7-19-17(22)24-11-16(23)21-15-6-5-13(18)10-20-15/h2-10H,11H2,1H3,(H,20,21,23). The summed E-state index contributed by atoms with van der Waals surface area (Å²) in [7, 11) is 0. The topological polar surface area (TPSA) is 59.8 Å². The molecule has 0 bridgehead atoms. The maximum Gasteiger partial charge on any atom is 0.236 e. The van der Waals surface area contributed by atoms with E-state index in [2.05, 4.69) is 21.4 Å². The zero-order valence-electron chi connectivity index (χ0n) is 12.9. The first-order valence-corrected chi connectivity index (χ1v) is 8.63. The summed E-state index contributed by atoms with van der Waals surface area (Å²) in [4.78, 5) is 20.4. The molecule has 0 fully saturated rings. The van der Waals surface area contributed by atoms with Crippen LogP contribution in [0.1, 0.15) is 5.56 Å². The molecule has 1 amide bonds. The first-order chi connectivity index (χ1) is 11.6. The zero-order valence-corrected chi connectivity index (χ0v) is 14.5. The van der Waals surface area contributed by atoms with Gasteiger partial charge in [0.25, 0.3) is 0 Å². The predicted molar refractivity (Wildman–Crippen MR) is 96.9 cm³/mol. The Kier molecular flexibility index (Phi) is 5.17. The van der Waals surface area contributed by atoms with Crippen LogP contribution in [0.5, 0.6) is 0 Å². The first kappa shape index (κ1) is 16.5. The second-order valence-electron chi connectivity index (χ2n) is 5.12. The van der Waals surface area contributed by atoms with E-state index in [0.717, 1.165) is 10.8 Å². The van der Waals surface area contributed by atoms with Crippen LogP contribution in [0.2, 0.25) is 5.02 Å². The summed E-state index contributed by atoms with van der Waals surface area (Å²) >= 11 is 7.14. The van der Waals surface area contributed by atoms with E-state index < -0.39 is 0 Å². The van der Waals surface area contributed by atoms with E-state index >= 15 is 0 Å². The molecule has 3 rings (SSSR count). The first-order valence-electron chi connectivity index (χ1n) is 7.26. The maximum atomic E-state index is 12.1. The number of pyridine rings is 1. The molecule has 7 heteroatoms. The fourth-order valence-corrected chi connectivity index (χ4v) is 3.01. The number of thioether (sulfide) groups is 1. The van der Waals surface area contributed by atoms with Gasteiger partial charge in [-0.2, -0.15) is 0 Å². The van der Waals surface area contributed by atoms with Crippen LogP contribution in [0.4, 0.5) is 5.82 Å². The van der Waals surface area contributed by atoms with Crippen LogP contribution in [-0.4, -0.2) is 26.2 Å². The second kappa shape index (κ2) is 7.51. The summed E-state index contributed by atoms with van der Waals surface area (Å²) in [5.41, 5.74) is 2.19. The van der Waals surface area contributed by atoms with E-state index in [1.165, 1.54) is 23.5 Å². The number of hydrogen-bond acceptors (Lipinski definition) is 4. The lowest BCUT2D eigenvalue weighted by molar-refractivity contribution is -0.113. The average molecular weight is 359 g/mol. The van der Waals surface area contributed by atoms with Gasteiger partial charge < -0.3 is 5.32 Å². The molecule has 24 heavy (non-hydrogen) atoms. The van der Waals surface area contributed by atoms with Crippen molar-refractivity contribution in [2.45, 2.75) is 12.1 Å². The van der Waals surface area contributed by atoms with Crippen LogP contribution in [0.3, 0.4) is 0 Å². The van der Waals surface area contributed by atoms with Gasteiger partial charge in [0.1, 0.15) is 5.82 Å². The van der Waals surface area contributed by atoms with Crippen molar-refractivity contribution in [1.29, 1.82) is 0 Å². The van der Waals surface area contributed by atoms with Crippen molar-refractivity contribution < 1.29 is 4.79 Å². The number of carbonyl (C=O) groups excluding carboxylic acids is 1. The average Bonchev–Trinajstić information content (AvgIpc) is 3.04. The third kappa shape index (κ3) is 4.15. The zero-order chi connectivity index (χ0) is 16.9. The Hall–Kier alpha value is -2.31. The molecule has 0 unspecified atom stereocenters. The van der Waals surface area contributed by atoms with Crippen molar-refractivity contribution in [2.24, 2.45) is 0 Å². The van der Waals surface area contributed by atoms with Crippen LogP contribution in [0, 0.1) is 6.92 Å². The van der Waals surface area contributed by atoms with Crippen molar-refractivity contribution >= 4 is 35.1 Å². The van der Waals surface area contributed by atoms with Crippen LogP contribution < -0.4 is 5.32 Å². The Bertz CT molecular complexity index is 848. The summed E-state index contributed by atoms with van der Waals surface area (Å²) in [6.07, 6.45) is 5.10. The number of benzene rings is 1. The summed E-state index contributed by atoms with van der Waals surface area (Å²) in [6.45, 7) is 2.04. The minimum absolute atomic E-state index is 0.145. The van der Waals surface area contributed by atoms with Gasteiger partial charge in [0.2, 0.25) is 5.91 Å². The number of halogens is 1. The molecule has 0 spiro atoms. The number of aryl methyl sites for hydroxylation is 1. The second-order valence-corrected chi connectivity index (χ2v) is 6.50. The lowest BCUT2D eigenvalue weighted by Gasteiger charge is -2.08. The predicted octanol–water partition coefficient (Wildman–Crippen LogP) is 3.96. The Morgan fingerprint density at radius 3 is 2.92 bits per heavy atom. The molecule has 5 nitrogen and oxygen atoms in total. The highest BCUT2D eigenvalue weighted by atomic mass is 35.5. The fraction of sp³-hybridized carbons (Fsp3) is 0.118. The van der Waals surface area contributed by atoms with Gasteiger partial charge in [0, 0.05) is 24.3 Å². The van der Waals surface area contributed by atoms with Crippen molar-refractivity contribution in [2.75, 3.05) is 11.1 Å². The van der Waals surface area contributed by atoms with Gasteiger partial charge in [0.05, 0.1) is 10.8 Å². The largest absolute Gasteiger partial charge is 0.310 e. The quantitative estimate of drug-likeness (QED) is 0.701. The Morgan fingerprint density at radius 2 is 2.17 bits per heavy atom. The van der Waals surface area contributed by atoms with Crippen LogP contribution in [0.15, 0.2) is 60.1 Å². The summed E-state index contributed by atoms with van der Waals surface area (Å²) < 4.78 is 1.96. The van der Waals surface area contributed by atoms with Crippen molar-refractivity contribution in [3.8, 4) is 5.69 Å². The molecule has 0 atom stereocenters. The molecular formula is C17H15ClN4OS. The van der Waals surface area contributed by atoms with E-state index in [9.17, 15) is 4.79 Å². The number of nitrogens with zero attached hydrogens (tertiary/aromatic N) is 3. The normalized spacial score (nSPS) is 10.6. The van der Waals surface area contributed by atoms with E-state index in [1.54, 1.807) is 18.3 Å². The van der Waals surface area contributed by atoms with Crippen LogP contribution >= 0.6 is 23.4 Å². The van der Waals surface area contributed by atoms with Gasteiger partial charge in [0.15, 0.2) is 5.16 Å². The molecule has 1 aromatic carbocycles. The van der Waals surface area contributed by atoms with Gasteiger partial charge in [-0.3, -0.25) is 9.36 Å². The molecule has 122 valence electrons. The van der Waals surface area contributed by atoms with Crippen molar-refractivity contribution in [3.63, 3.8) is 0 Å². The van der Waals surface area contributed by atoms with Gasteiger partial charge in [-0.05, 0) is 36.8 Å². The highest BCUT2D eigenvalue weighted by Crippen LogP contribution is 2.21. The minimum atomic E-state index is -0.145.